The van der Waals surface area contributed by atoms with Gasteiger partial charge in [-0.3, -0.25) is 9.69 Å². The maximum atomic E-state index is 14.4. The highest BCUT2D eigenvalue weighted by atomic mass is 19.1. The Kier molecular flexibility index (Phi) is 6.36. The molecule has 0 aromatic heterocycles. The molecule has 30 heavy (non-hydrogen) atoms. The summed E-state index contributed by atoms with van der Waals surface area (Å²) in [5.74, 6) is 0.579. The van der Waals surface area contributed by atoms with Gasteiger partial charge >= 0.3 is 0 Å². The molecule has 0 bridgehead atoms. The first kappa shape index (κ1) is 21.1. The van der Waals surface area contributed by atoms with Gasteiger partial charge in [0.15, 0.2) is 0 Å². The second-order valence-corrected chi connectivity index (χ2v) is 10.7. The van der Waals surface area contributed by atoms with Crippen molar-refractivity contribution in [3.63, 3.8) is 0 Å². The summed E-state index contributed by atoms with van der Waals surface area (Å²) in [6.07, 6.45) is 11.5. The van der Waals surface area contributed by atoms with E-state index < -0.39 is 6.17 Å². The number of fused-ring (bicyclic) bond motifs is 2. The number of rotatable bonds is 3. The van der Waals surface area contributed by atoms with Crippen LogP contribution in [-0.4, -0.2) is 66.4 Å². The van der Waals surface area contributed by atoms with Gasteiger partial charge < -0.3 is 15.4 Å². The Morgan fingerprint density at radius 2 is 1.93 bits per heavy atom. The number of hydrogen-bond acceptors (Lipinski definition) is 4. The van der Waals surface area contributed by atoms with E-state index in [1.807, 2.05) is 0 Å². The van der Waals surface area contributed by atoms with Crippen LogP contribution >= 0.6 is 0 Å². The van der Waals surface area contributed by atoms with Crippen LogP contribution in [0.5, 0.6) is 0 Å². The van der Waals surface area contributed by atoms with Crippen molar-refractivity contribution in [2.45, 2.75) is 120 Å². The number of alkyl halides is 1. The molecule has 170 valence electrons. The van der Waals surface area contributed by atoms with Gasteiger partial charge in [-0.15, -0.1) is 0 Å². The fraction of sp³-hybridized carbons (Fsp3) is 0.958. The Bertz CT molecular complexity index is 599. The molecule has 0 spiro atoms. The third-order valence-electron chi connectivity index (χ3n) is 8.89. The standard InChI is InChI=1S/C24H40FN3O2/c1-15-9-10-19(25)18-14-20(27-23(15)18)24(29)26-16-5-4-6-17(13-16)28-11-12-30-22-8-3-2-7-21(22)28/h15-23,27H,2-14H2,1H3,(H,26,29). The fourth-order valence-corrected chi connectivity index (χ4v) is 7.28. The first-order valence-corrected chi connectivity index (χ1v) is 12.7. The minimum absolute atomic E-state index is 0.0141. The zero-order chi connectivity index (χ0) is 20.7. The SMILES string of the molecule is CC1CCC(F)C2CC(C(=O)NC3CCCC(N4CCOC5CCCCC54)C3)NC12. The molecule has 2 heterocycles. The number of nitrogens with zero attached hydrogens (tertiary/aromatic N) is 1. The van der Waals surface area contributed by atoms with Crippen LogP contribution in [0.1, 0.15) is 77.6 Å². The lowest BCUT2D eigenvalue weighted by molar-refractivity contribution is -0.125. The maximum absolute atomic E-state index is 14.4. The van der Waals surface area contributed by atoms with Crippen LogP contribution in [0, 0.1) is 11.8 Å². The molecule has 5 nitrogen and oxygen atoms in total. The van der Waals surface area contributed by atoms with E-state index in [1.54, 1.807) is 0 Å². The molecule has 3 saturated carbocycles. The van der Waals surface area contributed by atoms with E-state index in [-0.39, 0.29) is 30.0 Å². The van der Waals surface area contributed by atoms with Gasteiger partial charge in [-0.1, -0.05) is 19.8 Å². The number of carbonyl (C=O) groups excluding carboxylic acids is 1. The van der Waals surface area contributed by atoms with Crippen molar-refractivity contribution in [2.24, 2.45) is 11.8 Å². The number of nitrogens with one attached hydrogen (secondary N) is 2. The third kappa shape index (κ3) is 4.16. The number of ether oxygens (including phenoxy) is 1. The van der Waals surface area contributed by atoms with Gasteiger partial charge in [0.1, 0.15) is 6.17 Å². The number of carbonyl (C=O) groups is 1. The van der Waals surface area contributed by atoms with E-state index in [9.17, 15) is 9.18 Å². The minimum atomic E-state index is -0.750. The predicted octanol–water partition coefficient (Wildman–Crippen LogP) is 3.17. The molecule has 5 fully saturated rings. The van der Waals surface area contributed by atoms with Gasteiger partial charge in [-0.25, -0.2) is 4.39 Å². The van der Waals surface area contributed by atoms with E-state index in [1.165, 1.54) is 38.5 Å². The van der Waals surface area contributed by atoms with Crippen LogP contribution in [0.15, 0.2) is 0 Å². The van der Waals surface area contributed by atoms with Gasteiger partial charge in [0.25, 0.3) is 0 Å². The average molecular weight is 422 g/mol. The molecule has 9 atom stereocenters. The Labute approximate surface area is 180 Å². The number of halogens is 1. The summed E-state index contributed by atoms with van der Waals surface area (Å²) in [4.78, 5) is 15.8. The zero-order valence-electron chi connectivity index (χ0n) is 18.5. The van der Waals surface area contributed by atoms with Gasteiger partial charge in [-0.2, -0.15) is 0 Å². The molecule has 2 aliphatic heterocycles. The van der Waals surface area contributed by atoms with E-state index in [0.29, 0.717) is 36.9 Å². The summed E-state index contributed by atoms with van der Waals surface area (Å²) < 4.78 is 20.5. The van der Waals surface area contributed by atoms with Crippen LogP contribution < -0.4 is 10.6 Å². The van der Waals surface area contributed by atoms with E-state index in [0.717, 1.165) is 32.4 Å². The summed E-state index contributed by atoms with van der Waals surface area (Å²) in [7, 11) is 0. The Balaban J connectivity index is 1.17. The zero-order valence-corrected chi connectivity index (χ0v) is 18.5. The molecule has 5 aliphatic rings. The lowest BCUT2D eigenvalue weighted by atomic mass is 9.77. The molecular formula is C24H40FN3O2. The van der Waals surface area contributed by atoms with Crippen LogP contribution in [0.3, 0.4) is 0 Å². The van der Waals surface area contributed by atoms with Crippen LogP contribution in [0.2, 0.25) is 0 Å². The Morgan fingerprint density at radius 3 is 2.80 bits per heavy atom. The van der Waals surface area contributed by atoms with Gasteiger partial charge in [-0.05, 0) is 63.7 Å². The van der Waals surface area contributed by atoms with Gasteiger partial charge in [0.2, 0.25) is 5.91 Å². The molecule has 5 rings (SSSR count). The number of morpholine rings is 1. The lowest BCUT2D eigenvalue weighted by Gasteiger charge is -2.49. The Hall–Kier alpha value is -0.720. The molecule has 1 amide bonds. The quantitative estimate of drug-likeness (QED) is 0.735. The molecule has 6 heteroatoms. The lowest BCUT2D eigenvalue weighted by Crippen LogP contribution is -2.58. The van der Waals surface area contributed by atoms with Crippen LogP contribution in [-0.2, 0) is 9.53 Å². The molecule has 2 N–H and O–H groups in total. The van der Waals surface area contributed by atoms with Crippen LogP contribution in [0.25, 0.3) is 0 Å². The van der Waals surface area contributed by atoms with Crippen molar-refractivity contribution in [2.75, 3.05) is 13.2 Å². The molecule has 9 unspecified atom stereocenters. The van der Waals surface area contributed by atoms with Crippen molar-refractivity contribution in [3.05, 3.63) is 0 Å². The topological polar surface area (TPSA) is 53.6 Å². The van der Waals surface area contributed by atoms with Crippen molar-refractivity contribution < 1.29 is 13.9 Å². The highest BCUT2D eigenvalue weighted by molar-refractivity contribution is 5.82. The summed E-state index contributed by atoms with van der Waals surface area (Å²) in [6.45, 7) is 4.09. The summed E-state index contributed by atoms with van der Waals surface area (Å²) in [5.41, 5.74) is 0. The fourth-order valence-electron chi connectivity index (χ4n) is 7.28. The number of hydrogen-bond donors (Lipinski definition) is 2. The molecular weight excluding hydrogens is 381 g/mol. The van der Waals surface area contributed by atoms with Crippen molar-refractivity contribution in [1.29, 1.82) is 0 Å². The highest BCUT2D eigenvalue weighted by Crippen LogP contribution is 2.39. The Morgan fingerprint density at radius 1 is 1.07 bits per heavy atom. The van der Waals surface area contributed by atoms with E-state index >= 15 is 0 Å². The van der Waals surface area contributed by atoms with Crippen molar-refractivity contribution >= 4 is 5.91 Å². The monoisotopic (exact) mass is 421 g/mol. The van der Waals surface area contributed by atoms with E-state index in [2.05, 4.69) is 22.5 Å². The van der Waals surface area contributed by atoms with Crippen molar-refractivity contribution in [3.8, 4) is 0 Å². The van der Waals surface area contributed by atoms with Crippen LogP contribution in [0.4, 0.5) is 4.39 Å². The second-order valence-electron chi connectivity index (χ2n) is 10.7. The largest absolute Gasteiger partial charge is 0.375 e. The third-order valence-corrected chi connectivity index (χ3v) is 8.89. The van der Waals surface area contributed by atoms with Gasteiger partial charge in [0.05, 0.1) is 18.8 Å². The summed E-state index contributed by atoms with van der Waals surface area (Å²) >= 11 is 0. The van der Waals surface area contributed by atoms with Gasteiger partial charge in [0, 0.05) is 36.6 Å². The summed E-state index contributed by atoms with van der Waals surface area (Å²) in [6, 6.07) is 1.34. The van der Waals surface area contributed by atoms with Crippen molar-refractivity contribution in [1.82, 2.24) is 15.5 Å². The molecule has 3 aliphatic carbocycles. The molecule has 0 aromatic rings. The minimum Gasteiger partial charge on any atom is -0.375 e. The smallest absolute Gasteiger partial charge is 0.237 e. The summed E-state index contributed by atoms with van der Waals surface area (Å²) in [5, 5.41) is 6.85. The first-order chi connectivity index (χ1) is 14.6. The molecule has 2 saturated heterocycles. The molecule has 0 aromatic carbocycles. The maximum Gasteiger partial charge on any atom is 0.237 e. The normalized spacial score (nSPS) is 47.3. The second kappa shape index (κ2) is 9.03. The first-order valence-electron chi connectivity index (χ1n) is 12.7. The van der Waals surface area contributed by atoms with E-state index in [4.69, 9.17) is 4.74 Å². The highest BCUT2D eigenvalue weighted by Gasteiger charge is 2.47. The molecule has 0 radical (unpaired) electrons. The average Bonchev–Trinajstić information content (AvgIpc) is 3.23. The number of amides is 1. The predicted molar refractivity (Wildman–Crippen MR) is 115 cm³/mol.